The van der Waals surface area contributed by atoms with Crippen molar-refractivity contribution in [3.8, 4) is 0 Å². The Morgan fingerprint density at radius 2 is 1.72 bits per heavy atom. The Kier molecular flexibility index (Phi) is 2.07. The number of nitrogens with one attached hydrogen (secondary N) is 1. The maximum Gasteiger partial charge on any atom is 0.251 e. The molecule has 3 nitrogen and oxygen atoms in total. The second-order valence-corrected chi connectivity index (χ2v) is 6.93. The SMILES string of the molecule is Cc1cc(=O)[nH]c(C23CC4CC(CC(C4)C2)C3)n1. The summed E-state index contributed by atoms with van der Waals surface area (Å²) >= 11 is 0. The van der Waals surface area contributed by atoms with Gasteiger partial charge >= 0.3 is 0 Å². The van der Waals surface area contributed by atoms with Crippen molar-refractivity contribution in [1.29, 1.82) is 0 Å². The van der Waals surface area contributed by atoms with E-state index in [4.69, 9.17) is 0 Å². The van der Waals surface area contributed by atoms with E-state index in [0.717, 1.165) is 29.3 Å². The van der Waals surface area contributed by atoms with Crippen molar-refractivity contribution in [2.24, 2.45) is 17.8 Å². The lowest BCUT2D eigenvalue weighted by molar-refractivity contribution is -0.00958. The van der Waals surface area contributed by atoms with Gasteiger partial charge in [0.05, 0.1) is 0 Å². The molecule has 0 aliphatic heterocycles. The zero-order valence-electron chi connectivity index (χ0n) is 10.9. The summed E-state index contributed by atoms with van der Waals surface area (Å²) < 4.78 is 0. The lowest BCUT2D eigenvalue weighted by Crippen LogP contribution is -2.49. The van der Waals surface area contributed by atoms with Gasteiger partial charge in [0, 0.05) is 17.2 Å². The number of hydrogen-bond donors (Lipinski definition) is 1. The van der Waals surface area contributed by atoms with Crippen LogP contribution in [0.1, 0.15) is 50.0 Å². The zero-order chi connectivity index (χ0) is 12.3. The van der Waals surface area contributed by atoms with Gasteiger partial charge in [0.2, 0.25) is 0 Å². The van der Waals surface area contributed by atoms with Crippen molar-refractivity contribution >= 4 is 0 Å². The van der Waals surface area contributed by atoms with E-state index >= 15 is 0 Å². The van der Waals surface area contributed by atoms with E-state index in [2.05, 4.69) is 9.97 Å². The van der Waals surface area contributed by atoms with Crippen LogP contribution in [0.2, 0.25) is 0 Å². The molecule has 1 N–H and O–H groups in total. The highest BCUT2D eigenvalue weighted by Crippen LogP contribution is 2.59. The molecule has 1 aromatic rings. The first-order valence-corrected chi connectivity index (χ1v) is 7.21. The molecule has 0 atom stereocenters. The van der Waals surface area contributed by atoms with Crippen molar-refractivity contribution in [2.75, 3.05) is 0 Å². The Bertz CT molecular complexity index is 510. The standard InChI is InChI=1S/C15H20N2O/c1-9-2-13(18)17-14(16-9)15-6-10-3-11(7-15)5-12(4-10)8-15/h2,10-12H,3-8H2,1H3,(H,16,17,18). The van der Waals surface area contributed by atoms with Crippen LogP contribution in [-0.2, 0) is 5.41 Å². The molecule has 0 saturated heterocycles. The molecular formula is C15H20N2O. The normalized spacial score (nSPS) is 41.3. The Labute approximate surface area is 107 Å². The highest BCUT2D eigenvalue weighted by atomic mass is 16.1. The van der Waals surface area contributed by atoms with Gasteiger partial charge in [0.1, 0.15) is 5.82 Å². The van der Waals surface area contributed by atoms with E-state index in [1.807, 2.05) is 6.92 Å². The molecule has 5 rings (SSSR count). The number of rotatable bonds is 1. The molecule has 4 bridgehead atoms. The average molecular weight is 244 g/mol. The van der Waals surface area contributed by atoms with Gasteiger partial charge in [-0.05, 0) is 63.2 Å². The highest BCUT2D eigenvalue weighted by molar-refractivity contribution is 5.18. The largest absolute Gasteiger partial charge is 0.310 e. The minimum absolute atomic E-state index is 0.0215. The van der Waals surface area contributed by atoms with E-state index in [1.165, 1.54) is 38.5 Å². The van der Waals surface area contributed by atoms with Crippen molar-refractivity contribution in [2.45, 2.75) is 50.9 Å². The summed E-state index contributed by atoms with van der Waals surface area (Å²) in [6.45, 7) is 1.93. The van der Waals surface area contributed by atoms with E-state index in [-0.39, 0.29) is 11.0 Å². The fourth-order valence-corrected chi connectivity index (χ4v) is 5.23. The monoisotopic (exact) mass is 244 g/mol. The van der Waals surface area contributed by atoms with Gasteiger partial charge in [-0.2, -0.15) is 0 Å². The molecule has 18 heavy (non-hydrogen) atoms. The summed E-state index contributed by atoms with van der Waals surface area (Å²) in [6.07, 6.45) is 8.04. The third-order valence-corrected chi connectivity index (χ3v) is 5.41. The smallest absolute Gasteiger partial charge is 0.251 e. The second kappa shape index (κ2) is 3.46. The molecule has 96 valence electrons. The van der Waals surface area contributed by atoms with Gasteiger partial charge < -0.3 is 4.98 Å². The molecule has 3 heteroatoms. The molecule has 0 amide bonds. The minimum Gasteiger partial charge on any atom is -0.310 e. The van der Waals surface area contributed by atoms with E-state index in [0.29, 0.717) is 0 Å². The number of H-pyrrole nitrogens is 1. The lowest BCUT2D eigenvalue weighted by Gasteiger charge is -2.56. The Balaban J connectivity index is 1.81. The van der Waals surface area contributed by atoms with Crippen LogP contribution in [0, 0.1) is 24.7 Å². The summed E-state index contributed by atoms with van der Waals surface area (Å²) in [7, 11) is 0. The van der Waals surface area contributed by atoms with Gasteiger partial charge in [-0.15, -0.1) is 0 Å². The molecule has 4 fully saturated rings. The first-order chi connectivity index (χ1) is 8.63. The Morgan fingerprint density at radius 1 is 1.17 bits per heavy atom. The first kappa shape index (κ1) is 10.8. The van der Waals surface area contributed by atoms with Crippen LogP contribution in [0.4, 0.5) is 0 Å². The summed E-state index contributed by atoms with van der Waals surface area (Å²) in [5, 5.41) is 0. The van der Waals surface area contributed by atoms with Crippen LogP contribution in [0.15, 0.2) is 10.9 Å². The van der Waals surface area contributed by atoms with Gasteiger partial charge in [-0.3, -0.25) is 4.79 Å². The first-order valence-electron chi connectivity index (χ1n) is 7.21. The van der Waals surface area contributed by atoms with Crippen molar-refractivity contribution in [1.82, 2.24) is 9.97 Å². The molecule has 1 aromatic heterocycles. The van der Waals surface area contributed by atoms with Crippen LogP contribution in [-0.4, -0.2) is 9.97 Å². The third kappa shape index (κ3) is 1.49. The third-order valence-electron chi connectivity index (χ3n) is 5.41. The van der Waals surface area contributed by atoms with E-state index < -0.39 is 0 Å². The van der Waals surface area contributed by atoms with Crippen molar-refractivity contribution in [3.05, 3.63) is 27.9 Å². The average Bonchev–Trinajstić information content (AvgIpc) is 2.25. The number of aromatic nitrogens is 2. The lowest BCUT2D eigenvalue weighted by atomic mass is 9.49. The maximum atomic E-state index is 11.7. The number of aromatic amines is 1. The molecule has 4 aliphatic rings. The Hall–Kier alpha value is -1.12. The van der Waals surface area contributed by atoms with Gasteiger partial charge in [0.25, 0.3) is 5.56 Å². The van der Waals surface area contributed by atoms with Crippen LogP contribution in [0.5, 0.6) is 0 Å². The number of hydrogen-bond acceptors (Lipinski definition) is 2. The van der Waals surface area contributed by atoms with Crippen LogP contribution >= 0.6 is 0 Å². The van der Waals surface area contributed by atoms with Gasteiger partial charge in [0.15, 0.2) is 0 Å². The topological polar surface area (TPSA) is 45.8 Å². The molecule has 4 saturated carbocycles. The molecule has 0 radical (unpaired) electrons. The molecule has 4 aliphatic carbocycles. The number of aryl methyl sites for hydroxylation is 1. The predicted octanol–water partition coefficient (Wildman–Crippen LogP) is 2.55. The highest BCUT2D eigenvalue weighted by Gasteiger charge is 2.52. The summed E-state index contributed by atoms with van der Waals surface area (Å²) in [4.78, 5) is 19.4. The maximum absolute atomic E-state index is 11.7. The second-order valence-electron chi connectivity index (χ2n) is 6.93. The molecule has 0 spiro atoms. The fourth-order valence-electron chi connectivity index (χ4n) is 5.23. The summed E-state index contributed by atoms with van der Waals surface area (Å²) in [5.41, 5.74) is 1.10. The van der Waals surface area contributed by atoms with E-state index in [1.54, 1.807) is 6.07 Å². The Morgan fingerprint density at radius 3 is 2.22 bits per heavy atom. The molecular weight excluding hydrogens is 224 g/mol. The molecule has 0 unspecified atom stereocenters. The zero-order valence-corrected chi connectivity index (χ0v) is 10.9. The van der Waals surface area contributed by atoms with Crippen molar-refractivity contribution < 1.29 is 0 Å². The van der Waals surface area contributed by atoms with Crippen molar-refractivity contribution in [3.63, 3.8) is 0 Å². The predicted molar refractivity (Wildman–Crippen MR) is 69.4 cm³/mol. The van der Waals surface area contributed by atoms with E-state index in [9.17, 15) is 4.79 Å². The number of nitrogens with zero attached hydrogens (tertiary/aromatic N) is 1. The quantitative estimate of drug-likeness (QED) is 0.825. The van der Waals surface area contributed by atoms with Crippen LogP contribution in [0.3, 0.4) is 0 Å². The molecule has 1 heterocycles. The van der Waals surface area contributed by atoms with Gasteiger partial charge in [-0.1, -0.05) is 0 Å². The minimum atomic E-state index is 0.0215. The van der Waals surface area contributed by atoms with Crippen LogP contribution < -0.4 is 5.56 Å². The molecule has 0 aromatic carbocycles. The van der Waals surface area contributed by atoms with Crippen LogP contribution in [0.25, 0.3) is 0 Å². The summed E-state index contributed by atoms with van der Waals surface area (Å²) in [5.74, 6) is 3.66. The summed E-state index contributed by atoms with van der Waals surface area (Å²) in [6, 6.07) is 1.60. The fraction of sp³-hybridized carbons (Fsp3) is 0.733. The van der Waals surface area contributed by atoms with Gasteiger partial charge in [-0.25, -0.2) is 4.98 Å².